The van der Waals surface area contributed by atoms with E-state index in [0.29, 0.717) is 31.8 Å². The molecule has 0 aromatic carbocycles. The Morgan fingerprint density at radius 2 is 2.32 bits per heavy atom. The van der Waals surface area contributed by atoms with Crippen molar-refractivity contribution in [1.82, 2.24) is 9.88 Å². The van der Waals surface area contributed by atoms with E-state index in [1.165, 1.54) is 0 Å². The predicted molar refractivity (Wildman–Crippen MR) is 74.0 cm³/mol. The highest BCUT2D eigenvalue weighted by Gasteiger charge is 2.14. The smallest absolute Gasteiger partial charge is 0.222 e. The number of nitriles is 1. The third-order valence-electron chi connectivity index (χ3n) is 2.88. The zero-order chi connectivity index (χ0) is 14.1. The number of pyridine rings is 1. The Balaban J connectivity index is 2.61. The number of rotatable bonds is 7. The van der Waals surface area contributed by atoms with Gasteiger partial charge in [-0.05, 0) is 24.0 Å². The van der Waals surface area contributed by atoms with Crippen LogP contribution in [-0.2, 0) is 11.3 Å². The van der Waals surface area contributed by atoms with Crippen molar-refractivity contribution < 1.29 is 4.79 Å². The second-order valence-corrected chi connectivity index (χ2v) is 5.02. The van der Waals surface area contributed by atoms with Gasteiger partial charge in [0.25, 0.3) is 0 Å². The van der Waals surface area contributed by atoms with E-state index >= 15 is 0 Å². The van der Waals surface area contributed by atoms with E-state index in [4.69, 9.17) is 5.26 Å². The molecule has 0 spiro atoms. The van der Waals surface area contributed by atoms with Gasteiger partial charge in [0.05, 0.1) is 12.5 Å². The average Bonchev–Trinajstić information content (AvgIpc) is 2.41. The van der Waals surface area contributed by atoms with Gasteiger partial charge in [-0.2, -0.15) is 5.26 Å². The van der Waals surface area contributed by atoms with Crippen LogP contribution in [0.3, 0.4) is 0 Å². The molecule has 0 aliphatic heterocycles. The molecule has 0 N–H and O–H groups in total. The van der Waals surface area contributed by atoms with Crippen molar-refractivity contribution in [3.05, 3.63) is 30.1 Å². The number of aromatic nitrogens is 1. The first kappa shape index (κ1) is 15.2. The Kier molecular flexibility index (Phi) is 6.59. The fourth-order valence-electron chi connectivity index (χ4n) is 1.76. The van der Waals surface area contributed by atoms with Crippen LogP contribution >= 0.6 is 0 Å². The van der Waals surface area contributed by atoms with Crippen molar-refractivity contribution in [1.29, 1.82) is 5.26 Å². The number of hydrogen-bond donors (Lipinski definition) is 0. The normalized spacial score (nSPS) is 10.2. The highest BCUT2D eigenvalue weighted by molar-refractivity contribution is 5.76. The van der Waals surface area contributed by atoms with Crippen LogP contribution in [-0.4, -0.2) is 22.3 Å². The molecule has 0 fully saturated rings. The molecule has 0 bridgehead atoms. The molecule has 19 heavy (non-hydrogen) atoms. The molecule has 0 saturated carbocycles. The lowest BCUT2D eigenvalue weighted by Gasteiger charge is -2.22. The number of hydrogen-bond acceptors (Lipinski definition) is 3. The van der Waals surface area contributed by atoms with Crippen LogP contribution in [0.1, 0.15) is 38.7 Å². The van der Waals surface area contributed by atoms with Gasteiger partial charge in [0.2, 0.25) is 5.91 Å². The Bertz CT molecular complexity index is 423. The third-order valence-corrected chi connectivity index (χ3v) is 2.88. The van der Waals surface area contributed by atoms with Crippen LogP contribution in [0.4, 0.5) is 0 Å². The predicted octanol–water partition coefficient (Wildman–Crippen LogP) is 2.76. The van der Waals surface area contributed by atoms with E-state index < -0.39 is 0 Å². The minimum Gasteiger partial charge on any atom is -0.337 e. The van der Waals surface area contributed by atoms with E-state index in [1.54, 1.807) is 17.3 Å². The molecule has 102 valence electrons. The molecule has 4 heteroatoms. The van der Waals surface area contributed by atoms with Gasteiger partial charge in [-0.1, -0.05) is 19.9 Å². The molecule has 0 saturated heterocycles. The molecule has 1 rings (SSSR count). The number of carbonyl (C=O) groups is 1. The van der Waals surface area contributed by atoms with Crippen molar-refractivity contribution in [2.24, 2.45) is 5.92 Å². The minimum atomic E-state index is 0.118. The molecule has 0 radical (unpaired) electrons. The van der Waals surface area contributed by atoms with Gasteiger partial charge in [-0.15, -0.1) is 0 Å². The summed E-state index contributed by atoms with van der Waals surface area (Å²) in [6.45, 7) is 5.23. The number of amides is 1. The van der Waals surface area contributed by atoms with Crippen LogP contribution in [0.2, 0.25) is 0 Å². The van der Waals surface area contributed by atoms with Gasteiger partial charge in [0, 0.05) is 31.9 Å². The van der Waals surface area contributed by atoms with E-state index in [9.17, 15) is 4.79 Å². The monoisotopic (exact) mass is 259 g/mol. The van der Waals surface area contributed by atoms with E-state index in [1.807, 2.05) is 12.1 Å². The first-order valence-electron chi connectivity index (χ1n) is 6.67. The maximum Gasteiger partial charge on any atom is 0.222 e. The van der Waals surface area contributed by atoms with Gasteiger partial charge in [0.15, 0.2) is 0 Å². The van der Waals surface area contributed by atoms with Crippen molar-refractivity contribution in [3.8, 4) is 6.07 Å². The van der Waals surface area contributed by atoms with Crippen LogP contribution < -0.4 is 0 Å². The Morgan fingerprint density at radius 1 is 1.53 bits per heavy atom. The maximum absolute atomic E-state index is 12.2. The van der Waals surface area contributed by atoms with Gasteiger partial charge >= 0.3 is 0 Å². The maximum atomic E-state index is 12.2. The number of carbonyl (C=O) groups excluding carboxylic acids is 1. The summed E-state index contributed by atoms with van der Waals surface area (Å²) in [5, 5.41) is 8.68. The molecule has 0 aliphatic rings. The topological polar surface area (TPSA) is 57.0 Å². The molecule has 4 nitrogen and oxygen atoms in total. The standard InChI is InChI=1S/C15H21N3O/c1-13(2)6-7-15(19)18(10-4-8-16)12-14-5-3-9-17-11-14/h3,5,9,11,13H,4,6-7,10,12H2,1-2H3. The summed E-state index contributed by atoms with van der Waals surface area (Å²) in [6, 6.07) is 5.90. The highest BCUT2D eigenvalue weighted by atomic mass is 16.2. The lowest BCUT2D eigenvalue weighted by molar-refractivity contribution is -0.132. The third kappa shape index (κ3) is 6.01. The van der Waals surface area contributed by atoms with Gasteiger partial charge in [0.1, 0.15) is 0 Å². The Labute approximate surface area is 115 Å². The Morgan fingerprint density at radius 3 is 2.89 bits per heavy atom. The van der Waals surface area contributed by atoms with Gasteiger partial charge in [-0.25, -0.2) is 0 Å². The first-order chi connectivity index (χ1) is 9.13. The second-order valence-electron chi connectivity index (χ2n) is 5.02. The minimum absolute atomic E-state index is 0.118. The quantitative estimate of drug-likeness (QED) is 0.756. The van der Waals surface area contributed by atoms with Crippen molar-refractivity contribution in [2.75, 3.05) is 6.54 Å². The molecule has 0 aliphatic carbocycles. The molecule has 1 aromatic heterocycles. The first-order valence-corrected chi connectivity index (χ1v) is 6.67. The fourth-order valence-corrected chi connectivity index (χ4v) is 1.76. The summed E-state index contributed by atoms with van der Waals surface area (Å²) in [5.74, 6) is 0.632. The van der Waals surface area contributed by atoms with Crippen LogP contribution in [0.25, 0.3) is 0 Å². The van der Waals surface area contributed by atoms with E-state index in [2.05, 4.69) is 24.9 Å². The van der Waals surface area contributed by atoms with Crippen LogP contribution in [0.15, 0.2) is 24.5 Å². The van der Waals surface area contributed by atoms with Gasteiger partial charge in [-0.3, -0.25) is 9.78 Å². The summed E-state index contributed by atoms with van der Waals surface area (Å²) >= 11 is 0. The summed E-state index contributed by atoms with van der Waals surface area (Å²) < 4.78 is 0. The summed E-state index contributed by atoms with van der Waals surface area (Å²) in [4.78, 5) is 18.0. The lowest BCUT2D eigenvalue weighted by Crippen LogP contribution is -2.31. The lowest BCUT2D eigenvalue weighted by atomic mass is 10.1. The second kappa shape index (κ2) is 8.25. The molecule has 0 atom stereocenters. The molecule has 0 unspecified atom stereocenters. The molecular formula is C15H21N3O. The SMILES string of the molecule is CC(C)CCC(=O)N(CCC#N)Cc1cccnc1. The highest BCUT2D eigenvalue weighted by Crippen LogP contribution is 2.10. The van der Waals surface area contributed by atoms with E-state index in [-0.39, 0.29) is 5.91 Å². The van der Waals surface area contributed by atoms with E-state index in [0.717, 1.165) is 12.0 Å². The Hall–Kier alpha value is -1.89. The summed E-state index contributed by atoms with van der Waals surface area (Å²) in [5.41, 5.74) is 0.998. The molecule has 1 amide bonds. The largest absolute Gasteiger partial charge is 0.337 e. The van der Waals surface area contributed by atoms with Crippen molar-refractivity contribution >= 4 is 5.91 Å². The molecular weight excluding hydrogens is 238 g/mol. The van der Waals surface area contributed by atoms with Crippen molar-refractivity contribution in [3.63, 3.8) is 0 Å². The fraction of sp³-hybridized carbons (Fsp3) is 0.533. The summed E-state index contributed by atoms with van der Waals surface area (Å²) in [6.07, 6.45) is 5.27. The van der Waals surface area contributed by atoms with Gasteiger partial charge < -0.3 is 4.90 Å². The average molecular weight is 259 g/mol. The zero-order valence-corrected chi connectivity index (χ0v) is 11.7. The van der Waals surface area contributed by atoms with Crippen molar-refractivity contribution in [2.45, 2.75) is 39.7 Å². The number of nitrogens with zero attached hydrogens (tertiary/aromatic N) is 3. The molecule has 1 heterocycles. The van der Waals surface area contributed by atoms with Crippen LogP contribution in [0.5, 0.6) is 0 Å². The molecule has 1 aromatic rings. The zero-order valence-electron chi connectivity index (χ0n) is 11.7. The summed E-state index contributed by atoms with van der Waals surface area (Å²) in [7, 11) is 0. The van der Waals surface area contributed by atoms with Crippen LogP contribution in [0, 0.1) is 17.2 Å².